The number of hydrogen-bond donors (Lipinski definition) is 2. The van der Waals surface area contributed by atoms with E-state index in [0.29, 0.717) is 4.41 Å². The quantitative estimate of drug-likeness (QED) is 0.325. The van der Waals surface area contributed by atoms with Gasteiger partial charge in [-0.05, 0) is 6.92 Å². The van der Waals surface area contributed by atoms with Gasteiger partial charge in [0.1, 0.15) is 5.88 Å². The fourth-order valence-corrected chi connectivity index (χ4v) is 1.01. The van der Waals surface area contributed by atoms with E-state index in [4.69, 9.17) is 5.73 Å². The van der Waals surface area contributed by atoms with Crippen LogP contribution >= 0.6 is 0 Å². The molecule has 0 aromatic heterocycles. The van der Waals surface area contributed by atoms with Crippen LogP contribution in [0.15, 0.2) is 0 Å². The maximum atomic E-state index is 11.0. The number of nitrogens with zero attached hydrogens (tertiary/aromatic N) is 1. The van der Waals surface area contributed by atoms with Gasteiger partial charge in [0.05, 0.1) is 6.61 Å². The topological polar surface area (TPSA) is 119 Å². The molecule has 0 aromatic rings. The smallest absolute Gasteiger partial charge is 0.398 e. The van der Waals surface area contributed by atoms with Crippen molar-refractivity contribution in [3.05, 3.63) is 0 Å². The molecule has 9 heteroatoms. The van der Waals surface area contributed by atoms with Crippen LogP contribution in [0.3, 0.4) is 0 Å². The van der Waals surface area contributed by atoms with Crippen molar-refractivity contribution >= 4 is 21.9 Å². The molecule has 0 bridgehead atoms. The summed E-state index contributed by atoms with van der Waals surface area (Å²) in [4.78, 5) is 21.8. The van der Waals surface area contributed by atoms with E-state index in [-0.39, 0.29) is 6.61 Å². The van der Waals surface area contributed by atoms with Crippen molar-refractivity contribution < 1.29 is 22.7 Å². The van der Waals surface area contributed by atoms with Gasteiger partial charge in [-0.1, -0.05) is 0 Å². The summed E-state index contributed by atoms with van der Waals surface area (Å²) in [6.07, 6.45) is 0. The van der Waals surface area contributed by atoms with Gasteiger partial charge in [0.15, 0.2) is 0 Å². The van der Waals surface area contributed by atoms with Gasteiger partial charge in [-0.15, -0.1) is 4.41 Å². The number of nitrogens with two attached hydrogens (primary N) is 1. The molecule has 0 aliphatic carbocycles. The average molecular weight is 239 g/mol. The lowest BCUT2D eigenvalue weighted by molar-refractivity contribution is -0.155. The van der Waals surface area contributed by atoms with Crippen molar-refractivity contribution in [2.75, 3.05) is 19.5 Å². The minimum Gasteiger partial charge on any atom is -0.459 e. The summed E-state index contributed by atoms with van der Waals surface area (Å²) >= 11 is 0. The predicted octanol–water partition coefficient (Wildman–Crippen LogP) is -2.24. The molecule has 0 aliphatic heterocycles. The minimum absolute atomic E-state index is 0.0274. The Hall–Kier alpha value is -1.19. The molecule has 0 radical (unpaired) electrons. The summed E-state index contributed by atoms with van der Waals surface area (Å²) in [5.74, 6) is -3.00. The highest BCUT2D eigenvalue weighted by Crippen LogP contribution is 1.90. The van der Waals surface area contributed by atoms with Gasteiger partial charge in [0.25, 0.3) is 0 Å². The van der Waals surface area contributed by atoms with Crippen LogP contribution < -0.4 is 11.2 Å². The highest BCUT2D eigenvalue weighted by Gasteiger charge is 2.22. The Labute approximate surface area is 87.4 Å². The third-order valence-corrected chi connectivity index (χ3v) is 2.69. The molecule has 1 amide bonds. The number of hydrogen-bond acceptors (Lipinski definition) is 6. The minimum atomic E-state index is -3.77. The number of ether oxygens (including phenoxy) is 1. The van der Waals surface area contributed by atoms with Gasteiger partial charge < -0.3 is 10.5 Å². The number of nitrogens with one attached hydrogen (secondary N) is 1. The van der Waals surface area contributed by atoms with Crippen molar-refractivity contribution in [1.29, 1.82) is 0 Å². The summed E-state index contributed by atoms with van der Waals surface area (Å²) in [6, 6.07) is 0. The van der Waals surface area contributed by atoms with Gasteiger partial charge in [0, 0.05) is 7.05 Å². The Kier molecular flexibility index (Phi) is 5.19. The van der Waals surface area contributed by atoms with Crippen molar-refractivity contribution in [2.45, 2.75) is 6.92 Å². The summed E-state index contributed by atoms with van der Waals surface area (Å²) in [5.41, 5.74) is 6.73. The van der Waals surface area contributed by atoms with E-state index in [0.717, 1.165) is 7.05 Å². The fraction of sp³-hybridized carbons (Fsp3) is 0.667. The van der Waals surface area contributed by atoms with E-state index in [1.807, 2.05) is 5.43 Å². The Bertz CT molecular complexity index is 339. The number of esters is 1. The number of amides is 1. The molecule has 0 rings (SSSR count). The largest absolute Gasteiger partial charge is 0.459 e. The third kappa shape index (κ3) is 4.23. The SMILES string of the molecule is CCOC(=O)C(=O)NN(C)S(=O)(=O)CN. The van der Waals surface area contributed by atoms with Crippen LogP contribution in [0.5, 0.6) is 0 Å². The van der Waals surface area contributed by atoms with Crippen LogP contribution in [0.25, 0.3) is 0 Å². The van der Waals surface area contributed by atoms with Crippen molar-refractivity contribution in [2.24, 2.45) is 5.73 Å². The summed E-state index contributed by atoms with van der Waals surface area (Å²) in [7, 11) is -2.72. The first-order chi connectivity index (χ1) is 6.85. The third-order valence-electron chi connectivity index (χ3n) is 1.35. The van der Waals surface area contributed by atoms with E-state index in [9.17, 15) is 18.0 Å². The Morgan fingerprint density at radius 3 is 2.40 bits per heavy atom. The van der Waals surface area contributed by atoms with Crippen LogP contribution in [-0.4, -0.2) is 44.2 Å². The lowest BCUT2D eigenvalue weighted by Crippen LogP contribution is -2.48. The lowest BCUT2D eigenvalue weighted by atomic mass is 10.6. The monoisotopic (exact) mass is 239 g/mol. The molecule has 15 heavy (non-hydrogen) atoms. The van der Waals surface area contributed by atoms with Gasteiger partial charge in [-0.25, -0.2) is 13.2 Å². The molecule has 0 saturated carbocycles. The number of hydrazine groups is 1. The van der Waals surface area contributed by atoms with E-state index in [1.165, 1.54) is 6.92 Å². The first-order valence-corrected chi connectivity index (χ1v) is 5.60. The predicted molar refractivity (Wildman–Crippen MR) is 50.5 cm³/mol. The molecule has 0 aliphatic rings. The molecule has 8 nitrogen and oxygen atoms in total. The van der Waals surface area contributed by atoms with E-state index in [1.54, 1.807) is 0 Å². The van der Waals surface area contributed by atoms with Gasteiger partial charge in [0.2, 0.25) is 10.0 Å². The second kappa shape index (κ2) is 5.63. The Morgan fingerprint density at radius 1 is 1.47 bits per heavy atom. The van der Waals surface area contributed by atoms with Gasteiger partial charge in [-0.2, -0.15) is 0 Å². The average Bonchev–Trinajstić information content (AvgIpc) is 2.17. The fourth-order valence-electron chi connectivity index (χ4n) is 0.567. The van der Waals surface area contributed by atoms with Gasteiger partial charge in [-0.3, -0.25) is 10.2 Å². The highest BCUT2D eigenvalue weighted by atomic mass is 32.2. The highest BCUT2D eigenvalue weighted by molar-refractivity contribution is 7.88. The molecule has 0 unspecified atom stereocenters. The maximum absolute atomic E-state index is 11.0. The zero-order chi connectivity index (χ0) is 12.1. The Morgan fingerprint density at radius 2 is 2.00 bits per heavy atom. The van der Waals surface area contributed by atoms with Crippen LogP contribution in [0.4, 0.5) is 0 Å². The summed E-state index contributed by atoms with van der Waals surface area (Å²) in [6.45, 7) is 1.55. The first-order valence-electron chi connectivity index (χ1n) is 3.99. The van der Waals surface area contributed by atoms with Crippen LogP contribution in [-0.2, 0) is 24.3 Å². The molecular weight excluding hydrogens is 226 g/mol. The molecular formula is C6H13N3O5S. The molecule has 0 fully saturated rings. The zero-order valence-corrected chi connectivity index (χ0v) is 9.20. The Balaban J connectivity index is 4.37. The van der Waals surface area contributed by atoms with Crippen molar-refractivity contribution in [1.82, 2.24) is 9.84 Å². The number of carbonyl (C=O) groups is 2. The molecule has 3 N–H and O–H groups in total. The van der Waals surface area contributed by atoms with Crippen molar-refractivity contribution in [3.8, 4) is 0 Å². The van der Waals surface area contributed by atoms with Crippen molar-refractivity contribution in [3.63, 3.8) is 0 Å². The van der Waals surface area contributed by atoms with E-state index >= 15 is 0 Å². The second-order valence-electron chi connectivity index (χ2n) is 2.41. The number of carbonyl (C=O) groups excluding carboxylic acids is 2. The normalized spacial score (nSPS) is 11.2. The number of rotatable bonds is 4. The first kappa shape index (κ1) is 13.8. The molecule has 0 saturated heterocycles. The standard InChI is InChI=1S/C6H13N3O5S/c1-3-14-6(11)5(10)8-9(2)15(12,13)4-7/h3-4,7H2,1-2H3,(H,8,10). The van der Waals surface area contributed by atoms with E-state index < -0.39 is 27.8 Å². The molecule has 0 spiro atoms. The van der Waals surface area contributed by atoms with Gasteiger partial charge >= 0.3 is 11.9 Å². The zero-order valence-electron chi connectivity index (χ0n) is 8.39. The molecule has 0 atom stereocenters. The number of sulfonamides is 1. The molecule has 88 valence electrons. The molecule has 0 heterocycles. The maximum Gasteiger partial charge on any atom is 0.398 e. The molecule has 0 aromatic carbocycles. The van der Waals surface area contributed by atoms with E-state index in [2.05, 4.69) is 4.74 Å². The summed E-state index contributed by atoms with van der Waals surface area (Å²) in [5, 5.41) is 0. The van der Waals surface area contributed by atoms with Crippen LogP contribution in [0.1, 0.15) is 6.92 Å². The second-order valence-corrected chi connectivity index (χ2v) is 4.45. The van der Waals surface area contributed by atoms with Crippen LogP contribution in [0.2, 0.25) is 0 Å². The lowest BCUT2D eigenvalue weighted by Gasteiger charge is -2.15. The summed E-state index contributed by atoms with van der Waals surface area (Å²) < 4.78 is 26.9. The van der Waals surface area contributed by atoms with Crippen LogP contribution in [0, 0.1) is 0 Å².